The van der Waals surface area contributed by atoms with Crippen LogP contribution in [0.2, 0.25) is 0 Å². The number of ether oxygens (including phenoxy) is 2. The molecule has 1 aromatic carbocycles. The quantitative estimate of drug-likeness (QED) is 0.923. The highest BCUT2D eigenvalue weighted by Crippen LogP contribution is 2.36. The highest BCUT2D eigenvalue weighted by molar-refractivity contribution is 7.10. The lowest BCUT2D eigenvalue weighted by Gasteiger charge is -2.34. The van der Waals surface area contributed by atoms with Gasteiger partial charge in [-0.15, -0.1) is 11.3 Å². The average molecular weight is 344 g/mol. The molecule has 0 aliphatic carbocycles. The van der Waals surface area contributed by atoms with E-state index in [4.69, 9.17) is 9.47 Å². The molecule has 0 saturated heterocycles. The largest absolute Gasteiger partial charge is 0.454 e. The van der Waals surface area contributed by atoms with Gasteiger partial charge in [-0.25, -0.2) is 0 Å². The Bertz CT molecular complexity index is 758. The molecule has 0 saturated carbocycles. The highest BCUT2D eigenvalue weighted by Gasteiger charge is 2.28. The van der Waals surface area contributed by atoms with Crippen molar-refractivity contribution in [3.05, 3.63) is 40.1 Å². The van der Waals surface area contributed by atoms with Crippen LogP contribution in [0.5, 0.6) is 11.5 Å². The Hall–Kier alpha value is -2.05. The van der Waals surface area contributed by atoms with Gasteiger partial charge in [0.1, 0.15) is 0 Å². The number of rotatable bonds is 4. The second kappa shape index (κ2) is 6.45. The molecule has 2 aromatic rings. The van der Waals surface area contributed by atoms with E-state index < -0.39 is 0 Å². The zero-order chi connectivity index (χ0) is 16.5. The third-order valence-electron chi connectivity index (χ3n) is 4.60. The lowest BCUT2D eigenvalue weighted by Crippen LogP contribution is -2.40. The summed E-state index contributed by atoms with van der Waals surface area (Å²) in [7, 11) is 0. The topological polar surface area (TPSA) is 50.8 Å². The van der Waals surface area contributed by atoms with E-state index in [9.17, 15) is 4.79 Å². The zero-order valence-corrected chi connectivity index (χ0v) is 14.4. The first-order chi connectivity index (χ1) is 11.7. The molecule has 3 heterocycles. The number of hydrogen-bond donors (Lipinski definition) is 1. The van der Waals surface area contributed by atoms with Crippen LogP contribution in [0.1, 0.15) is 29.8 Å². The van der Waals surface area contributed by atoms with Gasteiger partial charge in [0.2, 0.25) is 12.7 Å². The summed E-state index contributed by atoms with van der Waals surface area (Å²) < 4.78 is 10.6. The molecule has 126 valence electrons. The van der Waals surface area contributed by atoms with Crippen LogP contribution >= 0.6 is 11.3 Å². The van der Waals surface area contributed by atoms with E-state index in [2.05, 4.69) is 28.6 Å². The van der Waals surface area contributed by atoms with E-state index in [1.165, 1.54) is 10.4 Å². The minimum Gasteiger partial charge on any atom is -0.454 e. The number of benzene rings is 1. The van der Waals surface area contributed by atoms with Crippen molar-refractivity contribution in [3.8, 4) is 11.5 Å². The van der Waals surface area contributed by atoms with Gasteiger partial charge in [0.25, 0.3) is 0 Å². The molecule has 1 aromatic heterocycles. The van der Waals surface area contributed by atoms with Crippen molar-refractivity contribution in [1.29, 1.82) is 0 Å². The summed E-state index contributed by atoms with van der Waals surface area (Å²) in [6.45, 7) is 3.75. The number of amides is 1. The Labute approximate surface area is 145 Å². The molecule has 6 heteroatoms. The monoisotopic (exact) mass is 344 g/mol. The highest BCUT2D eigenvalue weighted by atomic mass is 32.1. The molecule has 0 radical (unpaired) electrons. The number of thiophene rings is 1. The molecule has 1 atom stereocenters. The molecule has 2 aliphatic rings. The van der Waals surface area contributed by atoms with Crippen LogP contribution < -0.4 is 14.8 Å². The minimum absolute atomic E-state index is 0.00555. The summed E-state index contributed by atoms with van der Waals surface area (Å²) in [5.41, 5.74) is 2.13. The average Bonchev–Trinajstić information content (AvgIpc) is 3.22. The summed E-state index contributed by atoms with van der Waals surface area (Å²) in [5.74, 6) is 1.41. The van der Waals surface area contributed by atoms with E-state index in [1.54, 1.807) is 0 Å². The van der Waals surface area contributed by atoms with Crippen LogP contribution in [-0.2, 0) is 11.2 Å². The first-order valence-electron chi connectivity index (χ1n) is 8.24. The van der Waals surface area contributed by atoms with Crippen LogP contribution in [0.15, 0.2) is 29.6 Å². The third-order valence-corrected chi connectivity index (χ3v) is 5.59. The standard InChI is InChI=1S/C18H20N2O3S/c1-2-14-13-6-8-24-17(13)5-7-20(14)10-18(21)19-12-3-4-15-16(9-12)23-11-22-15/h3-4,6,8-9,14H,2,5,7,10-11H2,1H3,(H,19,21). The Morgan fingerprint density at radius 3 is 3.08 bits per heavy atom. The maximum atomic E-state index is 12.5. The molecule has 0 bridgehead atoms. The van der Waals surface area contributed by atoms with Crippen molar-refractivity contribution in [3.63, 3.8) is 0 Å². The summed E-state index contributed by atoms with van der Waals surface area (Å²) in [5, 5.41) is 5.12. The Morgan fingerprint density at radius 1 is 1.33 bits per heavy atom. The number of hydrogen-bond acceptors (Lipinski definition) is 5. The first-order valence-corrected chi connectivity index (χ1v) is 9.12. The molecule has 1 unspecified atom stereocenters. The van der Waals surface area contributed by atoms with Crippen molar-refractivity contribution in [2.45, 2.75) is 25.8 Å². The predicted molar refractivity (Wildman–Crippen MR) is 93.8 cm³/mol. The molecule has 5 nitrogen and oxygen atoms in total. The second-order valence-electron chi connectivity index (χ2n) is 6.06. The Kier molecular flexibility index (Phi) is 4.16. The first kappa shape index (κ1) is 15.5. The summed E-state index contributed by atoms with van der Waals surface area (Å²) in [4.78, 5) is 16.2. The fraction of sp³-hybridized carbons (Fsp3) is 0.389. The van der Waals surface area contributed by atoms with Gasteiger partial charge in [0.05, 0.1) is 6.54 Å². The van der Waals surface area contributed by atoms with E-state index >= 15 is 0 Å². The SMILES string of the molecule is CCC1c2ccsc2CCN1CC(=O)Nc1ccc2c(c1)OCO2. The number of carbonyl (C=O) groups is 1. The molecule has 4 rings (SSSR count). The van der Waals surface area contributed by atoms with Crippen molar-refractivity contribution >= 4 is 22.9 Å². The lowest BCUT2D eigenvalue weighted by molar-refractivity contribution is -0.118. The number of anilines is 1. The molecule has 1 N–H and O–H groups in total. The van der Waals surface area contributed by atoms with Gasteiger partial charge < -0.3 is 14.8 Å². The number of nitrogens with zero attached hydrogens (tertiary/aromatic N) is 1. The normalized spacial score (nSPS) is 19.1. The van der Waals surface area contributed by atoms with Crippen LogP contribution in [0.25, 0.3) is 0 Å². The Morgan fingerprint density at radius 2 is 2.21 bits per heavy atom. The Balaban J connectivity index is 1.43. The molecular weight excluding hydrogens is 324 g/mol. The lowest BCUT2D eigenvalue weighted by atomic mass is 9.98. The smallest absolute Gasteiger partial charge is 0.238 e. The van der Waals surface area contributed by atoms with Crippen molar-refractivity contribution in [2.24, 2.45) is 0 Å². The molecule has 0 fully saturated rings. The van der Waals surface area contributed by atoms with Crippen LogP contribution in [0.4, 0.5) is 5.69 Å². The summed E-state index contributed by atoms with van der Waals surface area (Å²) in [6, 6.07) is 8.02. The third kappa shape index (κ3) is 2.87. The van der Waals surface area contributed by atoms with Gasteiger partial charge in [-0.1, -0.05) is 6.92 Å². The van der Waals surface area contributed by atoms with E-state index in [0.717, 1.165) is 30.8 Å². The molecule has 24 heavy (non-hydrogen) atoms. The van der Waals surface area contributed by atoms with Crippen molar-refractivity contribution < 1.29 is 14.3 Å². The molecule has 0 spiro atoms. The van der Waals surface area contributed by atoms with Crippen LogP contribution in [0.3, 0.4) is 0 Å². The van der Waals surface area contributed by atoms with Crippen molar-refractivity contribution in [2.75, 3.05) is 25.2 Å². The number of nitrogens with one attached hydrogen (secondary N) is 1. The van der Waals surface area contributed by atoms with Crippen LogP contribution in [0, 0.1) is 0 Å². The van der Waals surface area contributed by atoms with E-state index in [0.29, 0.717) is 18.3 Å². The fourth-order valence-electron chi connectivity index (χ4n) is 3.47. The maximum Gasteiger partial charge on any atom is 0.238 e. The zero-order valence-electron chi connectivity index (χ0n) is 13.6. The second-order valence-corrected chi connectivity index (χ2v) is 7.06. The van der Waals surface area contributed by atoms with Crippen LogP contribution in [-0.4, -0.2) is 30.7 Å². The number of carbonyl (C=O) groups excluding carboxylic acids is 1. The maximum absolute atomic E-state index is 12.5. The van der Waals surface area contributed by atoms with E-state index in [-0.39, 0.29) is 12.7 Å². The molecule has 2 aliphatic heterocycles. The van der Waals surface area contributed by atoms with Gasteiger partial charge in [0.15, 0.2) is 11.5 Å². The molecule has 1 amide bonds. The van der Waals surface area contributed by atoms with E-state index in [1.807, 2.05) is 29.5 Å². The summed E-state index contributed by atoms with van der Waals surface area (Å²) >= 11 is 1.83. The summed E-state index contributed by atoms with van der Waals surface area (Å²) in [6.07, 6.45) is 2.04. The fourth-order valence-corrected chi connectivity index (χ4v) is 4.40. The van der Waals surface area contributed by atoms with Gasteiger partial charge in [-0.2, -0.15) is 0 Å². The molecular formula is C18H20N2O3S. The predicted octanol–water partition coefficient (Wildman–Crippen LogP) is 3.42. The van der Waals surface area contributed by atoms with Gasteiger partial charge in [-0.3, -0.25) is 9.69 Å². The van der Waals surface area contributed by atoms with Gasteiger partial charge in [-0.05, 0) is 42.0 Å². The minimum atomic E-state index is 0.00555. The van der Waals surface area contributed by atoms with Gasteiger partial charge >= 0.3 is 0 Å². The van der Waals surface area contributed by atoms with Crippen molar-refractivity contribution in [1.82, 2.24) is 4.90 Å². The number of fused-ring (bicyclic) bond motifs is 2. The van der Waals surface area contributed by atoms with Gasteiger partial charge in [0, 0.05) is 29.2 Å².